The number of rotatable bonds is 21. The van der Waals surface area contributed by atoms with Crippen LogP contribution in [0.25, 0.3) is 0 Å². The summed E-state index contributed by atoms with van der Waals surface area (Å²) in [7, 11) is 0. The predicted molar refractivity (Wildman–Crippen MR) is 331 cm³/mol. The van der Waals surface area contributed by atoms with Gasteiger partial charge in [0.2, 0.25) is 0 Å². The molecule has 0 amide bonds. The van der Waals surface area contributed by atoms with E-state index in [9.17, 15) is 15.3 Å². The van der Waals surface area contributed by atoms with Crippen LogP contribution in [0.2, 0.25) is 0 Å². The molecule has 0 aliphatic heterocycles. The Kier molecular flexibility index (Phi) is 23.8. The predicted octanol–water partition coefficient (Wildman–Crippen LogP) is 21.6. The van der Waals surface area contributed by atoms with E-state index >= 15 is 0 Å². The topological polar surface area (TPSA) is 60.7 Å². The maximum absolute atomic E-state index is 11.6. The van der Waals surface area contributed by atoms with E-state index in [1.807, 2.05) is 0 Å². The van der Waals surface area contributed by atoms with Gasteiger partial charge in [-0.15, -0.1) is 0 Å². The fourth-order valence-electron chi connectivity index (χ4n) is 11.2. The summed E-state index contributed by atoms with van der Waals surface area (Å²) in [6.45, 7) is 50.8. The highest BCUT2D eigenvalue weighted by atomic mass is 16.3. The van der Waals surface area contributed by atoms with Crippen molar-refractivity contribution in [2.24, 2.45) is 0 Å². The summed E-state index contributed by atoms with van der Waals surface area (Å²) in [5.41, 5.74) is 16.0. The zero-order valence-electron chi connectivity index (χ0n) is 53.2. The number of phenols is 3. The van der Waals surface area contributed by atoms with Gasteiger partial charge < -0.3 is 15.3 Å². The molecule has 422 valence electrons. The minimum atomic E-state index is -0.226. The van der Waals surface area contributed by atoms with Crippen molar-refractivity contribution in [1.29, 1.82) is 0 Å². The molecule has 0 aromatic heterocycles. The van der Waals surface area contributed by atoms with Crippen LogP contribution in [0.3, 0.4) is 0 Å². The maximum Gasteiger partial charge on any atom is 0.123 e. The van der Waals surface area contributed by atoms with Gasteiger partial charge in [0.25, 0.3) is 0 Å². The lowest BCUT2D eigenvalue weighted by Gasteiger charge is -2.30. The smallest absolute Gasteiger partial charge is 0.123 e. The van der Waals surface area contributed by atoms with Crippen molar-refractivity contribution in [3.8, 4) is 17.2 Å². The maximum atomic E-state index is 11.6. The SMILES string of the molecule is CCCCCCCCCCCCCCCCCC.Cc1c(Cc2cc(C(C)(C)C)c(O)c(C(C)(C)C)c2)c(C)c(Cc2cc(C(C)(C)C)c(O)c(C(C)(C)C)c2)c(C)c1Cc1cc(C(C)(C)C)c(O)c(C(C)(C)C)c1. The number of hydrogen-bond acceptors (Lipinski definition) is 3. The summed E-state index contributed by atoms with van der Waals surface area (Å²) in [5, 5.41) is 34.9. The van der Waals surface area contributed by atoms with Crippen LogP contribution in [0.15, 0.2) is 36.4 Å². The van der Waals surface area contributed by atoms with Crippen LogP contribution in [0.5, 0.6) is 17.2 Å². The van der Waals surface area contributed by atoms with Crippen LogP contribution in [0.1, 0.15) is 325 Å². The van der Waals surface area contributed by atoms with Gasteiger partial charge in [0.15, 0.2) is 0 Å². The lowest BCUT2D eigenvalue weighted by molar-refractivity contribution is 0.422. The van der Waals surface area contributed by atoms with Crippen molar-refractivity contribution < 1.29 is 15.3 Å². The van der Waals surface area contributed by atoms with Crippen molar-refractivity contribution in [3.05, 3.63) is 120 Å². The Balaban J connectivity index is 0.000000699. The zero-order chi connectivity index (χ0) is 57.1. The fraction of sp³-hybridized carbons (Fsp3) is 0.667. The van der Waals surface area contributed by atoms with E-state index in [4.69, 9.17) is 0 Å². The first kappa shape index (κ1) is 65.6. The minimum absolute atomic E-state index is 0.226. The molecule has 3 N–H and O–H groups in total. The second-order valence-electron chi connectivity index (χ2n) is 29.4. The Bertz CT molecular complexity index is 2040. The lowest BCUT2D eigenvalue weighted by atomic mass is 9.75. The monoisotopic (exact) mass is 1030 g/mol. The number of phenolic OH excluding ortho intramolecular Hbond substituents is 3. The van der Waals surface area contributed by atoms with Gasteiger partial charge >= 0.3 is 0 Å². The highest BCUT2D eigenvalue weighted by Gasteiger charge is 2.31. The standard InChI is InChI=1S/C54H78O3.C18H38/c1-31-37(22-34-25-40(49(4,5)6)46(55)41(26-34)50(7,8)9)32(2)39(24-36-29-44(53(16,17)18)48(57)45(30-36)54(19,20)21)33(3)38(31)23-35-27-42(51(10,11)12)47(56)43(28-35)52(13,14)15;1-3-5-7-9-11-13-15-17-18-16-14-12-10-8-6-4-2/h25-30,55-57H,22-24H2,1-21H3;3-18H2,1-2H3. The van der Waals surface area contributed by atoms with E-state index in [2.05, 4.69) is 196 Å². The molecule has 0 aliphatic rings. The Morgan fingerprint density at radius 2 is 0.413 bits per heavy atom. The van der Waals surface area contributed by atoms with Gasteiger partial charge in [-0.2, -0.15) is 0 Å². The van der Waals surface area contributed by atoms with Crippen molar-refractivity contribution in [3.63, 3.8) is 0 Å². The quantitative estimate of drug-likeness (QED) is 0.0729. The van der Waals surface area contributed by atoms with E-state index in [1.165, 1.54) is 153 Å². The molecule has 0 aliphatic carbocycles. The molecule has 0 spiro atoms. The lowest BCUT2D eigenvalue weighted by Crippen LogP contribution is -2.19. The van der Waals surface area contributed by atoms with Crippen molar-refractivity contribution in [2.45, 2.75) is 314 Å². The summed E-state index contributed by atoms with van der Waals surface area (Å²) < 4.78 is 0. The molecule has 0 heterocycles. The van der Waals surface area contributed by atoms with E-state index in [-0.39, 0.29) is 32.5 Å². The van der Waals surface area contributed by atoms with Gasteiger partial charge in [-0.25, -0.2) is 0 Å². The van der Waals surface area contributed by atoms with Crippen LogP contribution < -0.4 is 0 Å². The molecule has 4 aromatic carbocycles. The Labute approximate surface area is 464 Å². The Morgan fingerprint density at radius 1 is 0.267 bits per heavy atom. The second-order valence-corrected chi connectivity index (χ2v) is 29.4. The number of aromatic hydroxyl groups is 3. The molecule has 0 saturated heterocycles. The van der Waals surface area contributed by atoms with E-state index < -0.39 is 0 Å². The van der Waals surface area contributed by atoms with Gasteiger partial charge in [0.1, 0.15) is 17.2 Å². The average Bonchev–Trinajstić information content (AvgIpc) is 3.27. The van der Waals surface area contributed by atoms with Gasteiger partial charge in [-0.1, -0.05) is 278 Å². The molecule has 3 nitrogen and oxygen atoms in total. The molecular weight excluding hydrogens is 913 g/mol. The molecule has 0 radical (unpaired) electrons. The van der Waals surface area contributed by atoms with Gasteiger partial charge in [-0.05, 0) is 156 Å². The van der Waals surface area contributed by atoms with Gasteiger partial charge in [0.05, 0.1) is 0 Å². The third kappa shape index (κ3) is 19.0. The summed E-state index contributed by atoms with van der Waals surface area (Å²) in [4.78, 5) is 0. The highest BCUT2D eigenvalue weighted by molar-refractivity contribution is 5.59. The van der Waals surface area contributed by atoms with Gasteiger partial charge in [-0.3, -0.25) is 0 Å². The first-order chi connectivity index (χ1) is 34.5. The summed E-state index contributed by atoms with van der Waals surface area (Å²) >= 11 is 0. The fourth-order valence-corrected chi connectivity index (χ4v) is 11.2. The number of benzene rings is 4. The summed E-state index contributed by atoms with van der Waals surface area (Å²) in [6, 6.07) is 13.4. The van der Waals surface area contributed by atoms with Crippen LogP contribution >= 0.6 is 0 Å². The Hall–Kier alpha value is -3.72. The van der Waals surface area contributed by atoms with Crippen molar-refractivity contribution in [1.82, 2.24) is 0 Å². The average molecular weight is 1030 g/mol. The zero-order valence-corrected chi connectivity index (χ0v) is 53.2. The summed E-state index contributed by atoms with van der Waals surface area (Å²) in [5.74, 6) is 1.22. The molecule has 0 atom stereocenters. The van der Waals surface area contributed by atoms with Crippen molar-refractivity contribution in [2.75, 3.05) is 0 Å². The van der Waals surface area contributed by atoms with Crippen LogP contribution in [-0.4, -0.2) is 15.3 Å². The second kappa shape index (κ2) is 27.2. The van der Waals surface area contributed by atoms with E-state index in [1.54, 1.807) is 0 Å². The molecular formula is C72H116O3. The van der Waals surface area contributed by atoms with Crippen molar-refractivity contribution >= 4 is 0 Å². The molecule has 0 bridgehead atoms. The summed E-state index contributed by atoms with van der Waals surface area (Å²) in [6.07, 6.45) is 25.7. The molecule has 75 heavy (non-hydrogen) atoms. The first-order valence-corrected chi connectivity index (χ1v) is 30.2. The highest BCUT2D eigenvalue weighted by Crippen LogP contribution is 2.45. The molecule has 0 unspecified atom stereocenters. The van der Waals surface area contributed by atoms with E-state index in [0.29, 0.717) is 17.2 Å². The molecule has 0 fully saturated rings. The van der Waals surface area contributed by atoms with Gasteiger partial charge in [0, 0.05) is 0 Å². The molecule has 0 saturated carbocycles. The third-order valence-corrected chi connectivity index (χ3v) is 16.2. The third-order valence-electron chi connectivity index (χ3n) is 16.2. The first-order valence-electron chi connectivity index (χ1n) is 30.2. The normalized spacial score (nSPS) is 12.8. The number of unbranched alkanes of at least 4 members (excludes halogenated alkanes) is 15. The Morgan fingerprint density at radius 3 is 0.547 bits per heavy atom. The number of hydrogen-bond donors (Lipinski definition) is 3. The largest absolute Gasteiger partial charge is 0.507 e. The van der Waals surface area contributed by atoms with Crippen LogP contribution in [-0.2, 0) is 51.8 Å². The van der Waals surface area contributed by atoms with Crippen LogP contribution in [0, 0.1) is 20.8 Å². The van der Waals surface area contributed by atoms with Crippen LogP contribution in [0.4, 0.5) is 0 Å². The molecule has 3 heteroatoms. The minimum Gasteiger partial charge on any atom is -0.507 e. The molecule has 4 aromatic rings. The van der Waals surface area contributed by atoms with E-state index in [0.717, 1.165) is 52.6 Å². The molecule has 4 rings (SSSR count).